The molecule has 0 aromatic heterocycles. The van der Waals surface area contributed by atoms with Gasteiger partial charge in [-0.2, -0.15) is 13.2 Å². The molecule has 31 heavy (non-hydrogen) atoms. The van der Waals surface area contributed by atoms with E-state index < -0.39 is 17.6 Å². The number of benzene rings is 1. The summed E-state index contributed by atoms with van der Waals surface area (Å²) in [6.45, 7) is 1.63. The van der Waals surface area contributed by atoms with Crippen molar-refractivity contribution in [1.29, 1.82) is 0 Å². The summed E-state index contributed by atoms with van der Waals surface area (Å²) in [6, 6.07) is 4.96. The van der Waals surface area contributed by atoms with Gasteiger partial charge in [-0.05, 0) is 74.8 Å². The fraction of sp³-hybridized carbons (Fsp3) is 0.667. The second-order valence-corrected chi connectivity index (χ2v) is 10.2. The molecule has 7 heteroatoms. The van der Waals surface area contributed by atoms with Gasteiger partial charge in [-0.3, -0.25) is 9.59 Å². The van der Waals surface area contributed by atoms with Crippen molar-refractivity contribution < 1.29 is 22.8 Å². The molecule has 1 heterocycles. The van der Waals surface area contributed by atoms with Crippen molar-refractivity contribution >= 4 is 11.8 Å². The van der Waals surface area contributed by atoms with E-state index in [1.54, 1.807) is 0 Å². The maximum atomic E-state index is 13.6. The van der Waals surface area contributed by atoms with Crippen LogP contribution in [0.15, 0.2) is 24.3 Å². The highest BCUT2D eigenvalue weighted by Crippen LogP contribution is 2.60. The van der Waals surface area contributed by atoms with Crippen molar-refractivity contribution in [3.63, 3.8) is 0 Å². The summed E-state index contributed by atoms with van der Waals surface area (Å²) in [7, 11) is 0. The van der Waals surface area contributed by atoms with Crippen molar-refractivity contribution in [2.45, 2.75) is 51.1 Å². The minimum Gasteiger partial charge on any atom is -0.340 e. The van der Waals surface area contributed by atoms with Crippen molar-refractivity contribution in [3.8, 4) is 0 Å². The summed E-state index contributed by atoms with van der Waals surface area (Å²) in [5, 5.41) is 0. The molecule has 4 aliphatic carbocycles. The van der Waals surface area contributed by atoms with Gasteiger partial charge in [0.15, 0.2) is 0 Å². The van der Waals surface area contributed by atoms with E-state index in [2.05, 4.69) is 0 Å². The molecular weight excluding hydrogens is 405 g/mol. The quantitative estimate of drug-likeness (QED) is 0.683. The number of rotatable bonds is 2. The Kier molecular flexibility index (Phi) is 5.05. The largest absolute Gasteiger partial charge is 0.417 e. The number of nitrogens with zero attached hydrogens (tertiary/aromatic N) is 2. The third-order valence-corrected chi connectivity index (χ3v) is 8.03. The molecular formula is C24H29F3N2O2. The number of halogens is 3. The van der Waals surface area contributed by atoms with Crippen LogP contribution in [0.2, 0.25) is 0 Å². The topological polar surface area (TPSA) is 40.6 Å². The van der Waals surface area contributed by atoms with Crippen molar-refractivity contribution in [3.05, 3.63) is 35.4 Å². The molecule has 1 aromatic rings. The predicted octanol–water partition coefficient (Wildman–Crippen LogP) is 4.60. The Bertz CT molecular complexity index is 847. The first-order valence-corrected chi connectivity index (χ1v) is 11.5. The Balaban J connectivity index is 1.29. The van der Waals surface area contributed by atoms with Crippen molar-refractivity contribution in [1.82, 2.24) is 9.80 Å². The highest BCUT2D eigenvalue weighted by Gasteiger charge is 2.55. The van der Waals surface area contributed by atoms with E-state index >= 15 is 0 Å². The summed E-state index contributed by atoms with van der Waals surface area (Å²) in [5.74, 6) is 1.67. The highest BCUT2D eigenvalue weighted by atomic mass is 19.4. The third kappa shape index (κ3) is 3.74. The van der Waals surface area contributed by atoms with E-state index in [0.29, 0.717) is 43.8 Å². The Morgan fingerprint density at radius 1 is 0.839 bits per heavy atom. The van der Waals surface area contributed by atoms with Gasteiger partial charge < -0.3 is 9.80 Å². The minimum atomic E-state index is -4.57. The number of amides is 2. The van der Waals surface area contributed by atoms with E-state index in [-0.39, 0.29) is 23.4 Å². The van der Waals surface area contributed by atoms with Crippen molar-refractivity contribution in [2.24, 2.45) is 23.2 Å². The van der Waals surface area contributed by atoms with Gasteiger partial charge in [-0.1, -0.05) is 12.1 Å². The lowest BCUT2D eigenvalue weighted by Crippen LogP contribution is -2.55. The van der Waals surface area contributed by atoms with Crippen molar-refractivity contribution in [2.75, 3.05) is 26.2 Å². The van der Waals surface area contributed by atoms with Crippen LogP contribution in [0, 0.1) is 23.2 Å². The van der Waals surface area contributed by atoms with E-state index in [0.717, 1.165) is 25.3 Å². The summed E-state index contributed by atoms with van der Waals surface area (Å²) < 4.78 is 40.1. The molecule has 0 N–H and O–H groups in total. The fourth-order valence-electron chi connectivity index (χ4n) is 7.12. The molecule has 1 aliphatic heterocycles. The molecule has 2 amide bonds. The number of hydrogen-bond acceptors (Lipinski definition) is 2. The van der Waals surface area contributed by atoms with Crippen LogP contribution in [0.1, 0.15) is 60.9 Å². The minimum absolute atomic E-state index is 0.225. The Morgan fingerprint density at radius 3 is 2.00 bits per heavy atom. The monoisotopic (exact) mass is 434 g/mol. The zero-order chi connectivity index (χ0) is 21.8. The molecule has 0 radical (unpaired) electrons. The highest BCUT2D eigenvalue weighted by molar-refractivity contribution is 5.96. The molecule has 0 spiro atoms. The smallest absolute Gasteiger partial charge is 0.340 e. The summed E-state index contributed by atoms with van der Waals surface area (Å²) in [6.07, 6.45) is 2.83. The molecule has 6 rings (SSSR count). The first-order valence-electron chi connectivity index (χ1n) is 11.5. The first-order chi connectivity index (χ1) is 14.7. The Hall–Kier alpha value is -2.05. The van der Waals surface area contributed by atoms with Gasteiger partial charge in [-0.15, -0.1) is 0 Å². The van der Waals surface area contributed by atoms with Gasteiger partial charge in [0.25, 0.3) is 5.91 Å². The summed E-state index contributed by atoms with van der Waals surface area (Å²) in [5.41, 5.74) is -1.43. The van der Waals surface area contributed by atoms with Gasteiger partial charge in [-0.25, -0.2) is 0 Å². The van der Waals surface area contributed by atoms with Gasteiger partial charge in [0.05, 0.1) is 16.5 Å². The molecule has 1 aromatic carbocycles. The third-order valence-electron chi connectivity index (χ3n) is 8.03. The summed E-state index contributed by atoms with van der Waals surface area (Å²) in [4.78, 5) is 29.9. The van der Waals surface area contributed by atoms with Gasteiger partial charge in [0.1, 0.15) is 0 Å². The standard InChI is InChI=1S/C24H29F3N2O2/c25-24(26,27)20-5-2-1-4-19(20)21(30)28-6-3-7-29(9-8-28)22(31)23-13-16-10-17(14-23)12-18(11-16)15-23/h1-2,4-5,16-18H,3,6-15H2. The average molecular weight is 435 g/mol. The SMILES string of the molecule is O=C(c1ccccc1C(F)(F)F)N1CCCN(C(=O)C23CC4CC(CC(C4)C2)C3)CC1. The maximum absolute atomic E-state index is 13.6. The average Bonchev–Trinajstić information content (AvgIpc) is 2.97. The Labute approximate surface area is 180 Å². The van der Waals surface area contributed by atoms with E-state index in [9.17, 15) is 22.8 Å². The zero-order valence-electron chi connectivity index (χ0n) is 17.7. The molecule has 4 saturated carbocycles. The van der Waals surface area contributed by atoms with Crippen LogP contribution in [-0.2, 0) is 11.0 Å². The molecule has 0 unspecified atom stereocenters. The number of alkyl halides is 3. The predicted molar refractivity (Wildman–Crippen MR) is 109 cm³/mol. The van der Waals surface area contributed by atoms with E-state index in [1.165, 1.54) is 42.4 Å². The number of carbonyl (C=O) groups is 2. The van der Waals surface area contributed by atoms with Crippen LogP contribution in [0.4, 0.5) is 13.2 Å². The zero-order valence-corrected chi connectivity index (χ0v) is 17.7. The second-order valence-electron chi connectivity index (χ2n) is 10.2. The van der Waals surface area contributed by atoms with Gasteiger partial charge in [0, 0.05) is 26.2 Å². The van der Waals surface area contributed by atoms with Crippen LogP contribution in [0.3, 0.4) is 0 Å². The number of hydrogen-bond donors (Lipinski definition) is 0. The van der Waals surface area contributed by atoms with Gasteiger partial charge >= 0.3 is 6.18 Å². The Morgan fingerprint density at radius 2 is 1.39 bits per heavy atom. The second kappa shape index (κ2) is 7.52. The first kappa shape index (κ1) is 20.8. The maximum Gasteiger partial charge on any atom is 0.417 e. The van der Waals surface area contributed by atoms with Crippen LogP contribution < -0.4 is 0 Å². The van der Waals surface area contributed by atoms with Crippen LogP contribution in [0.25, 0.3) is 0 Å². The molecule has 5 aliphatic rings. The molecule has 168 valence electrons. The lowest BCUT2D eigenvalue weighted by atomic mass is 9.49. The normalized spacial score (nSPS) is 32.8. The van der Waals surface area contributed by atoms with Crippen LogP contribution >= 0.6 is 0 Å². The number of carbonyl (C=O) groups excluding carboxylic acids is 2. The molecule has 5 fully saturated rings. The van der Waals surface area contributed by atoms with Crippen LogP contribution in [0.5, 0.6) is 0 Å². The lowest BCUT2D eigenvalue weighted by molar-refractivity contribution is -0.157. The summed E-state index contributed by atoms with van der Waals surface area (Å²) >= 11 is 0. The van der Waals surface area contributed by atoms with Gasteiger partial charge in [0.2, 0.25) is 5.91 Å². The molecule has 1 saturated heterocycles. The fourth-order valence-corrected chi connectivity index (χ4v) is 7.12. The lowest BCUT2D eigenvalue weighted by Gasteiger charge is -2.56. The molecule has 4 nitrogen and oxygen atoms in total. The molecule has 0 atom stereocenters. The van der Waals surface area contributed by atoms with E-state index in [4.69, 9.17) is 0 Å². The van der Waals surface area contributed by atoms with Crippen LogP contribution in [-0.4, -0.2) is 47.8 Å². The molecule has 4 bridgehead atoms. The van der Waals surface area contributed by atoms with E-state index in [1.807, 2.05) is 4.90 Å².